The summed E-state index contributed by atoms with van der Waals surface area (Å²) < 4.78 is 0. The lowest BCUT2D eigenvalue weighted by Gasteiger charge is -2.13. The van der Waals surface area contributed by atoms with E-state index in [9.17, 15) is 0 Å². The van der Waals surface area contributed by atoms with E-state index in [1.165, 1.54) is 38.3 Å². The van der Waals surface area contributed by atoms with Crippen molar-refractivity contribution in [1.82, 2.24) is 0 Å². The highest BCUT2D eigenvalue weighted by Crippen LogP contribution is 2.16. The molecule has 0 N–H and O–H groups in total. The predicted molar refractivity (Wildman–Crippen MR) is 81.3 cm³/mol. The van der Waals surface area contributed by atoms with Crippen molar-refractivity contribution in [1.29, 1.82) is 0 Å². The molecule has 0 nitrogen and oxygen atoms in total. The average Bonchev–Trinajstić information content (AvgIpc) is 2.38. The number of hydrogen-bond donors (Lipinski definition) is 0. The molecule has 91 valence electrons. The van der Waals surface area contributed by atoms with E-state index in [1.807, 2.05) is 12.2 Å². The van der Waals surface area contributed by atoms with E-state index in [0.717, 1.165) is 0 Å². The molecule has 1 aromatic carbocycles. The molecule has 1 aromatic rings. The zero-order chi connectivity index (χ0) is 13.3. The highest BCUT2D eigenvalue weighted by Gasteiger charge is 2.08. The number of fused-ring (bicyclic) bond motifs is 1. The van der Waals surface area contributed by atoms with Gasteiger partial charge in [-0.15, -0.1) is 0 Å². The Morgan fingerprint density at radius 1 is 1.11 bits per heavy atom. The number of rotatable bonds is 2. The van der Waals surface area contributed by atoms with Crippen molar-refractivity contribution < 1.29 is 0 Å². The van der Waals surface area contributed by atoms with Crippen LogP contribution in [0.25, 0.3) is 17.7 Å². The Morgan fingerprint density at radius 3 is 2.44 bits per heavy atom. The van der Waals surface area contributed by atoms with E-state index >= 15 is 0 Å². The van der Waals surface area contributed by atoms with Crippen molar-refractivity contribution in [2.45, 2.75) is 20.8 Å². The molecule has 2 rings (SSSR count). The minimum absolute atomic E-state index is 1.17. The maximum absolute atomic E-state index is 3.91. The maximum atomic E-state index is 3.91. The molecular weight excluding hydrogens is 216 g/mol. The first-order valence-corrected chi connectivity index (χ1v) is 6.20. The Morgan fingerprint density at radius 2 is 1.83 bits per heavy atom. The zero-order valence-electron chi connectivity index (χ0n) is 11.4. The van der Waals surface area contributed by atoms with Crippen molar-refractivity contribution in [3.63, 3.8) is 0 Å². The molecule has 0 unspecified atom stereocenters. The fraction of sp³-hybridized carbons (Fsp3) is 0.167. The lowest BCUT2D eigenvalue weighted by atomic mass is 9.91. The van der Waals surface area contributed by atoms with Crippen LogP contribution in [0.1, 0.15) is 31.9 Å². The Balaban J connectivity index is 2.83. The molecule has 0 bridgehead atoms. The molecule has 0 saturated carbocycles. The summed E-state index contributed by atoms with van der Waals surface area (Å²) in [6.07, 6.45) is 8.30. The van der Waals surface area contributed by atoms with Crippen LogP contribution in [0.5, 0.6) is 0 Å². The average molecular weight is 235 g/mol. The fourth-order valence-electron chi connectivity index (χ4n) is 2.22. The third-order valence-corrected chi connectivity index (χ3v) is 3.57. The Hall–Kier alpha value is -1.82. The monoisotopic (exact) mass is 235 g/mol. The molecule has 0 aromatic heterocycles. The second kappa shape index (κ2) is 4.81. The molecule has 0 spiro atoms. The van der Waals surface area contributed by atoms with Gasteiger partial charge in [0.05, 0.1) is 0 Å². The number of allylic oxidation sites excluding steroid dienone is 3. The fourth-order valence-corrected chi connectivity index (χ4v) is 2.22. The van der Waals surface area contributed by atoms with Gasteiger partial charge in [0.2, 0.25) is 0 Å². The first-order chi connectivity index (χ1) is 8.56. The molecule has 1 aliphatic rings. The third kappa shape index (κ3) is 2.11. The number of hydrogen-bond acceptors (Lipinski definition) is 0. The Labute approximate surface area is 109 Å². The predicted octanol–water partition coefficient (Wildman–Crippen LogP) is 3.37. The van der Waals surface area contributed by atoms with Gasteiger partial charge in [0.15, 0.2) is 0 Å². The van der Waals surface area contributed by atoms with Crippen LogP contribution in [-0.2, 0) is 0 Å². The standard InChI is InChI=1S/C18H19/c1-6-12(3)18-11-17-9-14(5)13(4)8-16(17)10-15(18)7-2/h6-11H,1-2H2,3-5H3/b18-12-. The van der Waals surface area contributed by atoms with Crippen LogP contribution in [0, 0.1) is 6.42 Å². The summed E-state index contributed by atoms with van der Waals surface area (Å²) in [5, 5.41) is 2.49. The van der Waals surface area contributed by atoms with Gasteiger partial charge in [-0.3, -0.25) is 0 Å². The van der Waals surface area contributed by atoms with E-state index in [0.29, 0.717) is 0 Å². The Kier molecular flexibility index (Phi) is 3.38. The van der Waals surface area contributed by atoms with Gasteiger partial charge in [0.25, 0.3) is 0 Å². The van der Waals surface area contributed by atoms with Gasteiger partial charge in [-0.25, -0.2) is 0 Å². The smallest absolute Gasteiger partial charge is 0.0164 e. The molecule has 0 aliphatic heterocycles. The van der Waals surface area contributed by atoms with Crippen molar-refractivity contribution in [3.05, 3.63) is 70.5 Å². The van der Waals surface area contributed by atoms with Crippen LogP contribution in [0.15, 0.2) is 42.5 Å². The molecule has 0 heteroatoms. The summed E-state index contributed by atoms with van der Waals surface area (Å²) in [7, 11) is 0. The lowest BCUT2D eigenvalue weighted by molar-refractivity contribution is 1.25. The van der Waals surface area contributed by atoms with Gasteiger partial charge in [-0.1, -0.05) is 42.5 Å². The normalized spacial score (nSPS) is 15.7. The van der Waals surface area contributed by atoms with Crippen molar-refractivity contribution in [2.24, 2.45) is 0 Å². The van der Waals surface area contributed by atoms with Gasteiger partial charge in [0.1, 0.15) is 0 Å². The van der Waals surface area contributed by atoms with Gasteiger partial charge < -0.3 is 0 Å². The van der Waals surface area contributed by atoms with Crippen molar-refractivity contribution in [2.75, 3.05) is 0 Å². The number of benzene rings is 1. The maximum Gasteiger partial charge on any atom is 0.0164 e. The van der Waals surface area contributed by atoms with Crippen molar-refractivity contribution >= 4 is 17.7 Å². The van der Waals surface area contributed by atoms with Gasteiger partial charge in [-0.05, 0) is 60.0 Å². The first-order valence-electron chi connectivity index (χ1n) is 6.20. The Bertz CT molecular complexity index is 667. The van der Waals surface area contributed by atoms with Gasteiger partial charge >= 0.3 is 0 Å². The molecule has 1 aliphatic carbocycles. The minimum atomic E-state index is 1.17. The molecule has 0 heterocycles. The van der Waals surface area contributed by atoms with Crippen LogP contribution in [0.2, 0.25) is 0 Å². The minimum Gasteiger partial charge on any atom is -0.0988 e. The molecule has 1 radical (unpaired) electrons. The summed E-state index contributed by atoms with van der Waals surface area (Å²) in [5.41, 5.74) is 6.29. The van der Waals surface area contributed by atoms with Crippen LogP contribution in [0.3, 0.4) is 0 Å². The summed E-state index contributed by atoms with van der Waals surface area (Å²) in [4.78, 5) is 0. The van der Waals surface area contributed by atoms with E-state index in [-0.39, 0.29) is 0 Å². The van der Waals surface area contributed by atoms with Crippen LogP contribution in [0.4, 0.5) is 0 Å². The summed E-state index contributed by atoms with van der Waals surface area (Å²) in [6.45, 7) is 14.1. The van der Waals surface area contributed by atoms with Crippen LogP contribution in [-0.4, -0.2) is 0 Å². The quantitative estimate of drug-likeness (QED) is 0.737. The molecule has 0 amide bonds. The highest BCUT2D eigenvalue weighted by molar-refractivity contribution is 5.65. The molecule has 0 fully saturated rings. The second-order valence-corrected chi connectivity index (χ2v) is 4.81. The van der Waals surface area contributed by atoms with Crippen LogP contribution >= 0.6 is 0 Å². The van der Waals surface area contributed by atoms with Crippen LogP contribution < -0.4 is 10.4 Å². The lowest BCUT2D eigenvalue weighted by Crippen LogP contribution is -2.21. The molecule has 0 saturated heterocycles. The van der Waals surface area contributed by atoms with E-state index in [1.54, 1.807) is 0 Å². The van der Waals surface area contributed by atoms with Gasteiger partial charge in [0, 0.05) is 6.42 Å². The zero-order valence-corrected chi connectivity index (χ0v) is 11.4. The highest BCUT2D eigenvalue weighted by atomic mass is 14.1. The van der Waals surface area contributed by atoms with E-state index < -0.39 is 0 Å². The third-order valence-electron chi connectivity index (χ3n) is 3.57. The summed E-state index contributed by atoms with van der Waals surface area (Å²) in [6, 6.07) is 4.44. The van der Waals surface area contributed by atoms with Gasteiger partial charge in [-0.2, -0.15) is 0 Å². The van der Waals surface area contributed by atoms with E-state index in [2.05, 4.69) is 58.6 Å². The molecular formula is C18H19. The molecule has 0 atom stereocenters. The SMILES string of the molecule is C=C/C(C)=c1/cc2c(cc1C=C)=CC(C)=C(C)[CH]2. The molecule has 18 heavy (non-hydrogen) atoms. The topological polar surface area (TPSA) is 0 Å². The summed E-state index contributed by atoms with van der Waals surface area (Å²) in [5.74, 6) is 0. The van der Waals surface area contributed by atoms with Crippen molar-refractivity contribution in [3.8, 4) is 0 Å². The largest absolute Gasteiger partial charge is 0.0988 e. The second-order valence-electron chi connectivity index (χ2n) is 4.81. The van der Waals surface area contributed by atoms with E-state index in [4.69, 9.17) is 0 Å². The first kappa shape index (κ1) is 12.6. The summed E-state index contributed by atoms with van der Waals surface area (Å²) >= 11 is 0.